The number of anilines is 1. The van der Waals surface area contributed by atoms with Crippen LogP contribution in [0.25, 0.3) is 0 Å². The van der Waals surface area contributed by atoms with Crippen molar-refractivity contribution in [3.05, 3.63) is 17.7 Å². The summed E-state index contributed by atoms with van der Waals surface area (Å²) < 4.78 is 53.4. The molecule has 1 fully saturated rings. The zero-order valence-electron chi connectivity index (χ0n) is 18.0. The number of nitrogens with zero attached hydrogens (tertiary/aromatic N) is 5. The standard InChI is InChI=1S/C17H26N8O7S2/c18-7-11(27)8-22-34(31,32)13-2-1-12(25-4-3-24(5-6-26)14(28)9-25)15(16(13)33(19,29)30)17-20-10-21-23-17/h1-2,11,22,26-27H,3-10,18H2,(H2,19,29,30)/t11-/m1/s1. The van der Waals surface area contributed by atoms with Crippen molar-refractivity contribution < 1.29 is 31.8 Å². The minimum absolute atomic E-state index is 0.0973. The number of aliphatic hydroxyl groups is 2. The molecule has 17 heteroatoms. The molecule has 2 heterocycles. The first-order valence-electron chi connectivity index (χ1n) is 10.1. The third-order valence-electron chi connectivity index (χ3n) is 5.16. The van der Waals surface area contributed by atoms with E-state index in [-0.39, 0.29) is 69.0 Å². The SMILES string of the molecule is NC[C@@H](O)CNS(=O)(=O)c1ccc(N2CCN(CCO)C(=O)C2)c(C2=NCN=N2)c1S(N)(=O)=O. The number of hydrogen-bond donors (Lipinski definition) is 5. The quantitative estimate of drug-likeness (QED) is 0.209. The number of amidine groups is 1. The molecule has 0 aliphatic carbocycles. The molecule has 2 aliphatic heterocycles. The van der Waals surface area contributed by atoms with Crippen LogP contribution in [0.3, 0.4) is 0 Å². The van der Waals surface area contributed by atoms with Gasteiger partial charge in [-0.1, -0.05) is 0 Å². The molecule has 1 saturated heterocycles. The van der Waals surface area contributed by atoms with Crippen molar-refractivity contribution in [1.29, 1.82) is 0 Å². The Morgan fingerprint density at radius 3 is 2.50 bits per heavy atom. The molecule has 1 aromatic carbocycles. The average Bonchev–Trinajstić information content (AvgIpc) is 3.32. The first kappa shape index (κ1) is 26.1. The number of hydrogen-bond acceptors (Lipinski definition) is 12. The highest BCUT2D eigenvalue weighted by atomic mass is 32.2. The molecule has 0 unspecified atom stereocenters. The van der Waals surface area contributed by atoms with Crippen LogP contribution in [0, 0.1) is 0 Å². The van der Waals surface area contributed by atoms with Gasteiger partial charge in [-0.15, -0.1) is 5.11 Å². The van der Waals surface area contributed by atoms with Gasteiger partial charge in [0.15, 0.2) is 12.5 Å². The van der Waals surface area contributed by atoms with Crippen LogP contribution in [-0.2, 0) is 24.8 Å². The van der Waals surface area contributed by atoms with E-state index in [9.17, 15) is 26.7 Å². The third kappa shape index (κ3) is 5.57. The van der Waals surface area contributed by atoms with Crippen molar-refractivity contribution in [2.75, 3.05) is 57.4 Å². The number of benzene rings is 1. The Labute approximate surface area is 196 Å². The number of β-amino-alcohol motifs (C(OH)–C–C–N with tert-alkyl or cyclic N) is 1. The van der Waals surface area contributed by atoms with Gasteiger partial charge in [-0.25, -0.2) is 31.7 Å². The number of azo groups is 1. The molecule has 34 heavy (non-hydrogen) atoms. The van der Waals surface area contributed by atoms with E-state index in [1.807, 2.05) is 0 Å². The lowest BCUT2D eigenvalue weighted by molar-refractivity contribution is -0.131. The number of carbonyl (C=O) groups is 1. The van der Waals surface area contributed by atoms with Gasteiger partial charge < -0.3 is 25.7 Å². The second-order valence-electron chi connectivity index (χ2n) is 7.46. The lowest BCUT2D eigenvalue weighted by Gasteiger charge is -2.36. The van der Waals surface area contributed by atoms with Crippen molar-refractivity contribution in [2.24, 2.45) is 26.1 Å². The molecule has 0 saturated carbocycles. The molecule has 7 N–H and O–H groups in total. The minimum Gasteiger partial charge on any atom is -0.395 e. The first-order chi connectivity index (χ1) is 16.0. The molecule has 0 radical (unpaired) electrons. The molecule has 1 atom stereocenters. The fraction of sp³-hybridized carbons (Fsp3) is 0.529. The van der Waals surface area contributed by atoms with Crippen LogP contribution >= 0.6 is 0 Å². The zero-order chi connectivity index (χ0) is 25.1. The number of aliphatic hydroxyl groups excluding tert-OH is 2. The fourth-order valence-corrected chi connectivity index (χ4v) is 6.19. The van der Waals surface area contributed by atoms with Crippen LogP contribution in [-0.4, -0.2) is 102 Å². The summed E-state index contributed by atoms with van der Waals surface area (Å²) in [5.41, 5.74) is 5.28. The Morgan fingerprint density at radius 2 is 1.94 bits per heavy atom. The van der Waals surface area contributed by atoms with Gasteiger partial charge in [-0.05, 0) is 12.1 Å². The Hall–Kier alpha value is -2.54. The number of rotatable bonds is 10. The lowest BCUT2D eigenvalue weighted by Crippen LogP contribution is -2.51. The molecule has 0 spiro atoms. The summed E-state index contributed by atoms with van der Waals surface area (Å²) >= 11 is 0. The first-order valence-corrected chi connectivity index (χ1v) is 13.2. The van der Waals surface area contributed by atoms with Crippen LogP contribution in [0.15, 0.2) is 37.1 Å². The highest BCUT2D eigenvalue weighted by Crippen LogP contribution is 2.34. The molecule has 1 amide bonds. The molecule has 15 nitrogen and oxygen atoms in total. The second-order valence-corrected chi connectivity index (χ2v) is 10.7. The maximum atomic E-state index is 13.0. The summed E-state index contributed by atoms with van der Waals surface area (Å²) in [5.74, 6) is -0.462. The molecule has 3 rings (SSSR count). The summed E-state index contributed by atoms with van der Waals surface area (Å²) in [4.78, 5) is 18.1. The smallest absolute Gasteiger partial charge is 0.242 e. The van der Waals surface area contributed by atoms with Gasteiger partial charge in [0, 0.05) is 38.4 Å². The lowest BCUT2D eigenvalue weighted by atomic mass is 10.1. The maximum Gasteiger partial charge on any atom is 0.242 e. The second kappa shape index (κ2) is 10.4. The van der Waals surface area contributed by atoms with Crippen molar-refractivity contribution >= 4 is 37.5 Å². The van der Waals surface area contributed by atoms with E-state index in [2.05, 4.69) is 19.9 Å². The van der Waals surface area contributed by atoms with Crippen LogP contribution in [0.4, 0.5) is 5.69 Å². The third-order valence-corrected chi connectivity index (χ3v) is 7.74. The Morgan fingerprint density at radius 1 is 1.21 bits per heavy atom. The minimum atomic E-state index is -4.67. The van der Waals surface area contributed by atoms with Crippen LogP contribution in [0.1, 0.15) is 5.56 Å². The number of nitrogens with two attached hydrogens (primary N) is 2. The normalized spacial score (nSPS) is 17.9. The monoisotopic (exact) mass is 518 g/mol. The largest absolute Gasteiger partial charge is 0.395 e. The number of nitrogens with one attached hydrogen (secondary N) is 1. The summed E-state index contributed by atoms with van der Waals surface area (Å²) in [6.45, 7) is -0.475. The van der Waals surface area contributed by atoms with E-state index in [0.29, 0.717) is 0 Å². The van der Waals surface area contributed by atoms with Gasteiger partial charge in [0.1, 0.15) is 9.79 Å². The molecule has 0 bridgehead atoms. The molecule has 1 aromatic rings. The summed E-state index contributed by atoms with van der Waals surface area (Å²) in [5, 5.41) is 31.8. The van der Waals surface area contributed by atoms with Crippen molar-refractivity contribution in [3.63, 3.8) is 0 Å². The number of primary sulfonamides is 1. The van der Waals surface area contributed by atoms with E-state index >= 15 is 0 Å². The van der Waals surface area contributed by atoms with Gasteiger partial charge in [-0.3, -0.25) is 4.79 Å². The van der Waals surface area contributed by atoms with E-state index in [0.717, 1.165) is 6.07 Å². The van der Waals surface area contributed by atoms with Crippen LogP contribution in [0.2, 0.25) is 0 Å². The van der Waals surface area contributed by atoms with Crippen molar-refractivity contribution in [3.8, 4) is 0 Å². The van der Waals surface area contributed by atoms with Gasteiger partial charge in [0.2, 0.25) is 26.0 Å². The predicted octanol–water partition coefficient (Wildman–Crippen LogP) is -3.26. The van der Waals surface area contributed by atoms with Gasteiger partial charge in [-0.2, -0.15) is 5.11 Å². The molecule has 2 aliphatic rings. The molecule has 0 aromatic heterocycles. The number of aliphatic imine (C=N–C) groups is 1. The number of sulfonamides is 2. The number of amides is 1. The highest BCUT2D eigenvalue weighted by molar-refractivity contribution is 7.92. The van der Waals surface area contributed by atoms with Gasteiger partial charge >= 0.3 is 0 Å². The maximum absolute atomic E-state index is 13.0. The van der Waals surface area contributed by atoms with E-state index in [1.165, 1.54) is 11.0 Å². The fourth-order valence-electron chi connectivity index (χ4n) is 3.52. The Bertz CT molecular complexity index is 1220. The van der Waals surface area contributed by atoms with Crippen LogP contribution in [0.5, 0.6) is 0 Å². The summed E-state index contributed by atoms with van der Waals surface area (Å²) in [6, 6.07) is 2.39. The summed E-state index contributed by atoms with van der Waals surface area (Å²) in [6.07, 6.45) is -1.19. The van der Waals surface area contributed by atoms with Crippen molar-refractivity contribution in [1.82, 2.24) is 9.62 Å². The van der Waals surface area contributed by atoms with Crippen molar-refractivity contribution in [2.45, 2.75) is 15.9 Å². The van der Waals surface area contributed by atoms with E-state index < -0.39 is 42.5 Å². The summed E-state index contributed by atoms with van der Waals surface area (Å²) in [7, 11) is -9.15. The molecule has 188 valence electrons. The topological polar surface area (TPSA) is 233 Å². The highest BCUT2D eigenvalue weighted by Gasteiger charge is 2.35. The Kier molecular flexibility index (Phi) is 7.96. The van der Waals surface area contributed by atoms with Gasteiger partial charge in [0.05, 0.1) is 24.8 Å². The van der Waals surface area contributed by atoms with Crippen LogP contribution < -0.4 is 20.5 Å². The zero-order valence-corrected chi connectivity index (χ0v) is 19.7. The molecular weight excluding hydrogens is 492 g/mol. The van der Waals surface area contributed by atoms with E-state index in [4.69, 9.17) is 16.0 Å². The molecular formula is C17H26N8O7S2. The van der Waals surface area contributed by atoms with E-state index in [1.54, 1.807) is 4.90 Å². The number of piperazine rings is 1. The van der Waals surface area contributed by atoms with Gasteiger partial charge in [0.25, 0.3) is 0 Å². The Balaban J connectivity index is 2.16. The predicted molar refractivity (Wildman–Crippen MR) is 120 cm³/mol. The number of carbonyl (C=O) groups excluding carboxylic acids is 1. The average molecular weight is 519 g/mol.